The van der Waals surface area contributed by atoms with Gasteiger partial charge in [0.25, 0.3) is 0 Å². The second-order valence-electron chi connectivity index (χ2n) is 3.91. The highest BCUT2D eigenvalue weighted by Gasteiger charge is 2.09. The Morgan fingerprint density at radius 3 is 2.72 bits per heavy atom. The Bertz CT molecular complexity index is 438. The Kier molecular flexibility index (Phi) is 5.72. The summed E-state index contributed by atoms with van der Waals surface area (Å²) in [6.07, 6.45) is 0. The van der Waals surface area contributed by atoms with Gasteiger partial charge in [0.15, 0.2) is 0 Å². The maximum absolute atomic E-state index is 11.5. The Morgan fingerprint density at radius 2 is 2.11 bits per heavy atom. The van der Waals surface area contributed by atoms with E-state index in [-0.39, 0.29) is 23.2 Å². The number of likely N-dealkylation sites (N-methyl/N-ethyl adjacent to an activating group) is 1. The molecule has 1 aromatic rings. The third-order valence-corrected chi connectivity index (χ3v) is 3.11. The monoisotopic (exact) mass is 290 g/mol. The number of halogens is 2. The molecule has 0 heterocycles. The summed E-state index contributed by atoms with van der Waals surface area (Å²) < 4.78 is 0. The molecule has 1 amide bonds. The first kappa shape index (κ1) is 15.1. The Hall–Kier alpha value is -0.970. The van der Waals surface area contributed by atoms with Gasteiger partial charge in [-0.25, -0.2) is 0 Å². The number of nitrogens with one attached hydrogen (secondary N) is 1. The smallest absolute Gasteiger partial charge is 0.236 e. The summed E-state index contributed by atoms with van der Waals surface area (Å²) in [6.45, 7) is 3.10. The minimum atomic E-state index is -0.00939. The summed E-state index contributed by atoms with van der Waals surface area (Å²) in [7, 11) is 1.73. The van der Waals surface area contributed by atoms with Crippen molar-refractivity contribution in [3.8, 4) is 5.75 Å². The van der Waals surface area contributed by atoms with Crippen LogP contribution in [0.3, 0.4) is 0 Å². The van der Waals surface area contributed by atoms with E-state index < -0.39 is 0 Å². The number of benzene rings is 1. The summed E-state index contributed by atoms with van der Waals surface area (Å²) in [4.78, 5) is 13.1. The topological polar surface area (TPSA) is 52.6 Å². The maximum atomic E-state index is 11.5. The van der Waals surface area contributed by atoms with Crippen LogP contribution in [0.25, 0.3) is 0 Å². The molecule has 0 spiro atoms. The van der Waals surface area contributed by atoms with Gasteiger partial charge in [-0.05, 0) is 19.1 Å². The lowest BCUT2D eigenvalue weighted by molar-refractivity contribution is -0.128. The molecule has 0 radical (unpaired) electrons. The van der Waals surface area contributed by atoms with Crippen LogP contribution in [0, 0.1) is 0 Å². The van der Waals surface area contributed by atoms with Crippen LogP contribution in [0.1, 0.15) is 12.5 Å². The normalized spacial score (nSPS) is 10.4. The van der Waals surface area contributed by atoms with Crippen LogP contribution in [0.4, 0.5) is 0 Å². The van der Waals surface area contributed by atoms with E-state index in [0.717, 1.165) is 0 Å². The predicted octanol–water partition coefficient (Wildman–Crippen LogP) is 2.27. The Balaban J connectivity index is 2.57. The van der Waals surface area contributed by atoms with E-state index in [2.05, 4.69) is 5.32 Å². The van der Waals surface area contributed by atoms with Crippen LogP contribution in [-0.2, 0) is 11.3 Å². The van der Waals surface area contributed by atoms with Gasteiger partial charge in [0.1, 0.15) is 5.75 Å². The molecule has 0 aromatic heterocycles. The fourth-order valence-electron chi connectivity index (χ4n) is 1.37. The van der Waals surface area contributed by atoms with Crippen molar-refractivity contribution in [3.05, 3.63) is 27.7 Å². The highest BCUT2D eigenvalue weighted by Crippen LogP contribution is 2.30. The number of hydrogen-bond donors (Lipinski definition) is 2. The standard InChI is InChI=1S/C12H16Cl2N2O2/c1-3-16(2)11(17)7-15-6-8-4-9(13)5-10(14)12(8)18/h4-5,15,18H,3,6-7H2,1-2H3. The SMILES string of the molecule is CCN(C)C(=O)CNCc1cc(Cl)cc(Cl)c1O. The molecule has 0 aliphatic rings. The molecule has 0 bridgehead atoms. The Morgan fingerprint density at radius 1 is 1.44 bits per heavy atom. The van der Waals surface area contributed by atoms with Crippen LogP contribution in [0.5, 0.6) is 5.75 Å². The molecular formula is C12H16Cl2N2O2. The summed E-state index contributed by atoms with van der Waals surface area (Å²) in [5.74, 6) is -0.0185. The number of rotatable bonds is 5. The van der Waals surface area contributed by atoms with Crippen LogP contribution in [0.2, 0.25) is 10.0 Å². The van der Waals surface area contributed by atoms with Crippen molar-refractivity contribution in [2.75, 3.05) is 20.1 Å². The molecule has 1 rings (SSSR count). The van der Waals surface area contributed by atoms with Crippen LogP contribution < -0.4 is 5.32 Å². The molecule has 100 valence electrons. The summed E-state index contributed by atoms with van der Waals surface area (Å²) >= 11 is 11.6. The van der Waals surface area contributed by atoms with Gasteiger partial charge in [0.2, 0.25) is 5.91 Å². The van der Waals surface area contributed by atoms with Gasteiger partial charge < -0.3 is 15.3 Å². The van der Waals surface area contributed by atoms with Gasteiger partial charge >= 0.3 is 0 Å². The van der Waals surface area contributed by atoms with Gasteiger partial charge in [-0.1, -0.05) is 23.2 Å². The molecule has 0 fully saturated rings. The average Bonchev–Trinajstić information content (AvgIpc) is 2.33. The van der Waals surface area contributed by atoms with Crippen molar-refractivity contribution < 1.29 is 9.90 Å². The van der Waals surface area contributed by atoms with Crippen LogP contribution in [-0.4, -0.2) is 36.1 Å². The van der Waals surface area contributed by atoms with Crippen LogP contribution >= 0.6 is 23.2 Å². The quantitative estimate of drug-likeness (QED) is 0.875. The number of aromatic hydroxyl groups is 1. The highest BCUT2D eigenvalue weighted by molar-refractivity contribution is 6.35. The molecule has 4 nitrogen and oxygen atoms in total. The lowest BCUT2D eigenvalue weighted by Crippen LogP contribution is -2.35. The summed E-state index contributed by atoms with van der Waals surface area (Å²) in [5.41, 5.74) is 0.569. The third-order valence-electron chi connectivity index (χ3n) is 2.60. The fraction of sp³-hybridized carbons (Fsp3) is 0.417. The lowest BCUT2D eigenvalue weighted by atomic mass is 10.2. The number of amides is 1. The number of carbonyl (C=O) groups excluding carboxylic acids is 1. The average molecular weight is 291 g/mol. The zero-order valence-corrected chi connectivity index (χ0v) is 11.8. The van der Waals surface area contributed by atoms with E-state index in [1.54, 1.807) is 18.0 Å². The van der Waals surface area contributed by atoms with Gasteiger partial charge in [-0.15, -0.1) is 0 Å². The summed E-state index contributed by atoms with van der Waals surface area (Å²) in [5, 5.41) is 13.3. The second kappa shape index (κ2) is 6.83. The van der Waals surface area contributed by atoms with Crippen molar-refractivity contribution >= 4 is 29.1 Å². The van der Waals surface area contributed by atoms with E-state index in [0.29, 0.717) is 23.7 Å². The molecule has 6 heteroatoms. The van der Waals surface area contributed by atoms with Gasteiger partial charge in [0, 0.05) is 30.7 Å². The molecule has 1 aromatic carbocycles. The molecule has 0 aliphatic heterocycles. The lowest BCUT2D eigenvalue weighted by Gasteiger charge is -2.15. The van der Waals surface area contributed by atoms with Crippen molar-refractivity contribution in [1.82, 2.24) is 10.2 Å². The molecule has 0 unspecified atom stereocenters. The minimum absolute atomic E-state index is 0.00915. The van der Waals surface area contributed by atoms with E-state index in [4.69, 9.17) is 23.2 Å². The zero-order chi connectivity index (χ0) is 13.7. The minimum Gasteiger partial charge on any atom is -0.506 e. The number of carbonyl (C=O) groups is 1. The second-order valence-corrected chi connectivity index (χ2v) is 4.75. The first-order chi connectivity index (χ1) is 8.45. The van der Waals surface area contributed by atoms with Gasteiger partial charge in [-0.2, -0.15) is 0 Å². The van der Waals surface area contributed by atoms with E-state index in [1.165, 1.54) is 6.07 Å². The molecular weight excluding hydrogens is 275 g/mol. The first-order valence-electron chi connectivity index (χ1n) is 5.57. The number of nitrogens with zero attached hydrogens (tertiary/aromatic N) is 1. The Labute approximate surface area is 116 Å². The molecule has 0 atom stereocenters. The molecule has 0 aliphatic carbocycles. The maximum Gasteiger partial charge on any atom is 0.236 e. The van der Waals surface area contributed by atoms with Crippen LogP contribution in [0.15, 0.2) is 12.1 Å². The molecule has 0 saturated carbocycles. The van der Waals surface area contributed by atoms with Crippen molar-refractivity contribution in [1.29, 1.82) is 0 Å². The van der Waals surface area contributed by atoms with E-state index >= 15 is 0 Å². The van der Waals surface area contributed by atoms with Crippen molar-refractivity contribution in [3.63, 3.8) is 0 Å². The summed E-state index contributed by atoms with van der Waals surface area (Å²) in [6, 6.07) is 3.09. The van der Waals surface area contributed by atoms with E-state index in [9.17, 15) is 9.90 Å². The van der Waals surface area contributed by atoms with Crippen molar-refractivity contribution in [2.24, 2.45) is 0 Å². The predicted molar refractivity (Wildman–Crippen MR) is 73.1 cm³/mol. The largest absolute Gasteiger partial charge is 0.506 e. The number of phenols is 1. The number of phenolic OH excluding ortho intramolecular Hbond substituents is 1. The molecule has 18 heavy (non-hydrogen) atoms. The zero-order valence-electron chi connectivity index (χ0n) is 10.3. The first-order valence-corrected chi connectivity index (χ1v) is 6.32. The molecule has 0 saturated heterocycles. The van der Waals surface area contributed by atoms with Crippen molar-refractivity contribution in [2.45, 2.75) is 13.5 Å². The fourth-order valence-corrected chi connectivity index (χ4v) is 1.91. The van der Waals surface area contributed by atoms with Gasteiger partial charge in [0.05, 0.1) is 11.6 Å². The van der Waals surface area contributed by atoms with E-state index in [1.807, 2.05) is 6.92 Å². The molecule has 2 N–H and O–H groups in total. The highest BCUT2D eigenvalue weighted by atomic mass is 35.5. The van der Waals surface area contributed by atoms with Gasteiger partial charge in [-0.3, -0.25) is 4.79 Å². The third kappa shape index (κ3) is 4.05. The number of hydrogen-bond acceptors (Lipinski definition) is 3.